The Labute approximate surface area is 218 Å². The van der Waals surface area contributed by atoms with Crippen LogP contribution in [0.4, 0.5) is 21.5 Å². The van der Waals surface area contributed by atoms with Crippen molar-refractivity contribution < 1.29 is 17.2 Å². The fraction of sp³-hybridized carbons (Fsp3) is 0.292. The number of hydrogen-bond acceptors (Lipinski definition) is 9. The van der Waals surface area contributed by atoms with Crippen LogP contribution in [0.5, 0.6) is 0 Å². The summed E-state index contributed by atoms with van der Waals surface area (Å²) in [4.78, 5) is 9.22. The number of pyridine rings is 1. The van der Waals surface area contributed by atoms with Crippen LogP contribution in [0.15, 0.2) is 64.7 Å². The van der Waals surface area contributed by atoms with Gasteiger partial charge in [0, 0.05) is 50.2 Å². The Morgan fingerprint density at radius 1 is 1.14 bits per heavy atom. The minimum atomic E-state index is -3.96. The molecular weight excluding hydrogens is 521 g/mol. The second-order valence-electron chi connectivity index (χ2n) is 9.16. The summed E-state index contributed by atoms with van der Waals surface area (Å²) in [6.07, 6.45) is 10.2. The first-order chi connectivity index (χ1) is 17.9. The van der Waals surface area contributed by atoms with Gasteiger partial charge in [0.25, 0.3) is 10.0 Å². The fourth-order valence-corrected chi connectivity index (χ4v) is 5.91. The summed E-state index contributed by atoms with van der Waals surface area (Å²) >= 11 is 6.47. The molecule has 0 atom stereocenters. The van der Waals surface area contributed by atoms with Gasteiger partial charge in [-0.1, -0.05) is 11.6 Å². The number of anilines is 3. The van der Waals surface area contributed by atoms with E-state index in [0.29, 0.717) is 5.70 Å². The lowest BCUT2D eigenvalue weighted by Crippen LogP contribution is -2.47. The lowest BCUT2D eigenvalue weighted by molar-refractivity contribution is 0.248. The smallest absolute Gasteiger partial charge is 0.265 e. The average molecular weight is 546 g/mol. The topological polar surface area (TPSA) is 106 Å². The van der Waals surface area contributed by atoms with Gasteiger partial charge in [0.2, 0.25) is 0 Å². The van der Waals surface area contributed by atoms with Crippen molar-refractivity contribution in [1.29, 1.82) is 0 Å². The molecule has 2 fully saturated rings. The van der Waals surface area contributed by atoms with Gasteiger partial charge >= 0.3 is 0 Å². The van der Waals surface area contributed by atoms with Crippen molar-refractivity contribution in [1.82, 2.24) is 20.8 Å². The Hall–Kier alpha value is -3.32. The molecule has 13 heteroatoms. The molecule has 0 spiro atoms. The molecule has 3 aromatic rings. The van der Waals surface area contributed by atoms with E-state index in [9.17, 15) is 12.8 Å². The third kappa shape index (κ3) is 4.85. The summed E-state index contributed by atoms with van der Waals surface area (Å²) in [5, 5.41) is 1.25. The summed E-state index contributed by atoms with van der Waals surface area (Å²) in [6.45, 7) is 3.98. The SMILES string of the molecule is O=S(=O)(Nc1ccc(F)c(N2C=C(c3cncc(N4CCN(C5CC5)CC4)c3)NN2)c1Cl)c1ccoc1. The Kier molecular flexibility index (Phi) is 6.19. The lowest BCUT2D eigenvalue weighted by Gasteiger charge is -2.36. The van der Waals surface area contributed by atoms with E-state index in [2.05, 4.69) is 30.5 Å². The number of aromatic nitrogens is 1. The van der Waals surface area contributed by atoms with Gasteiger partial charge in [-0.2, -0.15) is 0 Å². The van der Waals surface area contributed by atoms with E-state index in [1.807, 2.05) is 12.3 Å². The van der Waals surface area contributed by atoms with Crippen molar-refractivity contribution >= 4 is 44.4 Å². The quantitative estimate of drug-likeness (QED) is 0.412. The molecule has 1 aromatic carbocycles. The first-order valence-electron chi connectivity index (χ1n) is 11.9. The Balaban J connectivity index is 1.22. The molecule has 1 saturated heterocycles. The number of nitrogens with zero attached hydrogens (tertiary/aromatic N) is 4. The Morgan fingerprint density at radius 2 is 1.95 bits per heavy atom. The van der Waals surface area contributed by atoms with Gasteiger partial charge in [-0.05, 0) is 37.1 Å². The molecule has 194 valence electrons. The minimum Gasteiger partial charge on any atom is -0.471 e. The second-order valence-corrected chi connectivity index (χ2v) is 11.2. The van der Waals surface area contributed by atoms with E-state index in [4.69, 9.17) is 16.0 Å². The van der Waals surface area contributed by atoms with Gasteiger partial charge in [-0.25, -0.2) is 12.8 Å². The van der Waals surface area contributed by atoms with Gasteiger partial charge < -0.3 is 14.7 Å². The number of hydrazine groups is 2. The highest BCUT2D eigenvalue weighted by molar-refractivity contribution is 7.92. The molecule has 0 radical (unpaired) electrons. The monoisotopic (exact) mass is 545 g/mol. The highest BCUT2D eigenvalue weighted by Gasteiger charge is 2.31. The van der Waals surface area contributed by atoms with E-state index in [1.165, 1.54) is 36.2 Å². The molecule has 2 aliphatic heterocycles. The number of halogens is 2. The number of benzene rings is 1. The first kappa shape index (κ1) is 24.0. The number of piperazine rings is 1. The molecule has 1 saturated carbocycles. The number of furan rings is 1. The van der Waals surface area contributed by atoms with Gasteiger partial charge in [0.15, 0.2) is 0 Å². The molecule has 0 unspecified atom stereocenters. The van der Waals surface area contributed by atoms with E-state index >= 15 is 0 Å². The van der Waals surface area contributed by atoms with Gasteiger partial charge in [-0.15, -0.1) is 5.53 Å². The largest absolute Gasteiger partial charge is 0.471 e. The number of rotatable bonds is 7. The van der Waals surface area contributed by atoms with Crippen molar-refractivity contribution in [2.75, 3.05) is 40.8 Å². The van der Waals surface area contributed by atoms with E-state index < -0.39 is 15.8 Å². The van der Waals surface area contributed by atoms with Crippen LogP contribution in [0.2, 0.25) is 5.02 Å². The van der Waals surface area contributed by atoms with Crippen molar-refractivity contribution in [3.05, 3.63) is 71.8 Å². The van der Waals surface area contributed by atoms with Crippen LogP contribution < -0.4 is 25.6 Å². The van der Waals surface area contributed by atoms with E-state index in [0.717, 1.165) is 55.8 Å². The summed E-state index contributed by atoms with van der Waals surface area (Å²) in [5.41, 5.74) is 8.36. The van der Waals surface area contributed by atoms with Crippen molar-refractivity contribution in [3.8, 4) is 0 Å². The molecule has 1 aliphatic carbocycles. The van der Waals surface area contributed by atoms with E-state index in [1.54, 1.807) is 12.4 Å². The van der Waals surface area contributed by atoms with Crippen LogP contribution in [-0.2, 0) is 10.0 Å². The highest BCUT2D eigenvalue weighted by atomic mass is 35.5. The van der Waals surface area contributed by atoms with E-state index in [-0.39, 0.29) is 21.3 Å². The second kappa shape index (κ2) is 9.53. The molecule has 10 nitrogen and oxygen atoms in total. The number of hydrogen-bond donors (Lipinski definition) is 3. The molecule has 37 heavy (non-hydrogen) atoms. The summed E-state index contributed by atoms with van der Waals surface area (Å²) < 4.78 is 47.3. The molecule has 0 bridgehead atoms. The number of nitrogens with one attached hydrogen (secondary N) is 3. The highest BCUT2D eigenvalue weighted by Crippen LogP contribution is 2.37. The van der Waals surface area contributed by atoms with Crippen LogP contribution >= 0.6 is 11.6 Å². The Bertz CT molecular complexity index is 1440. The maximum absolute atomic E-state index is 14.9. The standard InChI is InChI=1S/C24H25ClFN7O3S/c25-23-21(29-37(34,35)19-5-10-36-15-19)4-3-20(26)24(23)33-14-22(28-30-33)16-11-18(13-27-12-16)32-8-6-31(7-9-32)17-1-2-17/h3-5,10-15,17,28-30H,1-2,6-9H2. The normalized spacial score (nSPS) is 18.6. The molecular formula is C24H25ClFN7O3S. The molecule has 0 amide bonds. The van der Waals surface area contributed by atoms with Gasteiger partial charge in [-0.3, -0.25) is 19.6 Å². The summed E-state index contributed by atoms with van der Waals surface area (Å²) in [5.74, 6) is -0.636. The maximum atomic E-state index is 14.9. The molecule has 3 N–H and O–H groups in total. The van der Waals surface area contributed by atoms with Crippen LogP contribution in [0, 0.1) is 5.82 Å². The predicted molar refractivity (Wildman–Crippen MR) is 139 cm³/mol. The van der Waals surface area contributed by atoms with Gasteiger partial charge in [0.1, 0.15) is 22.7 Å². The third-order valence-electron chi connectivity index (χ3n) is 6.70. The van der Waals surface area contributed by atoms with Crippen molar-refractivity contribution in [2.45, 2.75) is 23.8 Å². The van der Waals surface area contributed by atoms with Gasteiger partial charge in [0.05, 0.1) is 34.6 Å². The first-order valence-corrected chi connectivity index (χ1v) is 13.8. The lowest BCUT2D eigenvalue weighted by atomic mass is 10.2. The Morgan fingerprint density at radius 3 is 2.68 bits per heavy atom. The van der Waals surface area contributed by atoms with Crippen LogP contribution in [0.25, 0.3) is 5.70 Å². The molecule has 3 aliphatic rings. The molecule has 2 aromatic heterocycles. The molecule has 4 heterocycles. The average Bonchev–Trinajstić information content (AvgIpc) is 3.37. The zero-order valence-corrected chi connectivity index (χ0v) is 21.3. The summed E-state index contributed by atoms with van der Waals surface area (Å²) in [6, 6.07) is 6.52. The predicted octanol–water partition coefficient (Wildman–Crippen LogP) is 3.38. The fourth-order valence-electron chi connectivity index (χ4n) is 4.56. The van der Waals surface area contributed by atoms with Crippen molar-refractivity contribution in [3.63, 3.8) is 0 Å². The third-order valence-corrected chi connectivity index (χ3v) is 8.43. The van der Waals surface area contributed by atoms with Crippen LogP contribution in [0.3, 0.4) is 0 Å². The van der Waals surface area contributed by atoms with Crippen LogP contribution in [0.1, 0.15) is 18.4 Å². The number of sulfonamides is 1. The minimum absolute atomic E-state index is 0.0249. The van der Waals surface area contributed by atoms with Crippen LogP contribution in [-0.4, -0.2) is 50.5 Å². The maximum Gasteiger partial charge on any atom is 0.265 e. The van der Waals surface area contributed by atoms with Crippen molar-refractivity contribution in [2.24, 2.45) is 0 Å². The summed E-state index contributed by atoms with van der Waals surface area (Å²) in [7, 11) is -3.96. The zero-order chi connectivity index (χ0) is 25.6. The molecule has 6 rings (SSSR count). The zero-order valence-electron chi connectivity index (χ0n) is 19.7.